The molecule has 1 unspecified atom stereocenters. The molecule has 1 aromatic rings. The Balaban J connectivity index is 2.49. The topological polar surface area (TPSA) is 35.2 Å². The van der Waals surface area contributed by atoms with Gasteiger partial charge >= 0.3 is 0 Å². The SMILES string of the molecule is CC(C)CCCOc1ccc(C(C)N)cc1F. The molecule has 0 bridgehead atoms. The van der Waals surface area contributed by atoms with Crippen molar-refractivity contribution < 1.29 is 9.13 Å². The fraction of sp³-hybridized carbons (Fsp3) is 0.571. The maximum Gasteiger partial charge on any atom is 0.165 e. The van der Waals surface area contributed by atoms with Crippen LogP contribution in [0.2, 0.25) is 0 Å². The van der Waals surface area contributed by atoms with Crippen molar-refractivity contribution in [2.24, 2.45) is 11.7 Å². The summed E-state index contributed by atoms with van der Waals surface area (Å²) < 4.78 is 19.0. The van der Waals surface area contributed by atoms with E-state index < -0.39 is 0 Å². The average molecular weight is 239 g/mol. The van der Waals surface area contributed by atoms with Gasteiger partial charge in [0.2, 0.25) is 0 Å². The van der Waals surface area contributed by atoms with E-state index in [0.717, 1.165) is 18.4 Å². The molecule has 0 aliphatic carbocycles. The van der Waals surface area contributed by atoms with E-state index >= 15 is 0 Å². The second-order valence-electron chi connectivity index (χ2n) is 4.86. The third kappa shape index (κ3) is 4.73. The fourth-order valence-corrected chi connectivity index (χ4v) is 1.59. The van der Waals surface area contributed by atoms with Crippen LogP contribution in [0.3, 0.4) is 0 Å². The normalized spacial score (nSPS) is 12.8. The van der Waals surface area contributed by atoms with Crippen molar-refractivity contribution in [1.29, 1.82) is 0 Å². The summed E-state index contributed by atoms with van der Waals surface area (Å²) >= 11 is 0. The predicted octanol–water partition coefficient (Wildman–Crippen LogP) is 3.66. The number of ether oxygens (including phenoxy) is 1. The molecule has 1 aromatic carbocycles. The van der Waals surface area contributed by atoms with Crippen LogP contribution in [0, 0.1) is 11.7 Å². The fourth-order valence-electron chi connectivity index (χ4n) is 1.59. The first-order valence-corrected chi connectivity index (χ1v) is 6.18. The van der Waals surface area contributed by atoms with Gasteiger partial charge in [0.15, 0.2) is 11.6 Å². The van der Waals surface area contributed by atoms with Crippen molar-refractivity contribution >= 4 is 0 Å². The minimum Gasteiger partial charge on any atom is -0.491 e. The second kappa shape index (κ2) is 6.60. The first-order chi connectivity index (χ1) is 8.00. The maximum atomic E-state index is 13.6. The van der Waals surface area contributed by atoms with Gasteiger partial charge < -0.3 is 10.5 Å². The Kier molecular flexibility index (Phi) is 5.42. The minimum absolute atomic E-state index is 0.153. The summed E-state index contributed by atoms with van der Waals surface area (Å²) in [6.45, 7) is 6.72. The summed E-state index contributed by atoms with van der Waals surface area (Å²) in [5, 5.41) is 0. The van der Waals surface area contributed by atoms with E-state index in [2.05, 4.69) is 13.8 Å². The number of benzene rings is 1. The quantitative estimate of drug-likeness (QED) is 0.769. The predicted molar refractivity (Wildman–Crippen MR) is 68.6 cm³/mol. The Morgan fingerprint density at radius 3 is 2.53 bits per heavy atom. The van der Waals surface area contributed by atoms with Gasteiger partial charge in [-0.1, -0.05) is 19.9 Å². The van der Waals surface area contributed by atoms with Crippen molar-refractivity contribution in [1.82, 2.24) is 0 Å². The Labute approximate surface area is 103 Å². The molecule has 0 saturated carbocycles. The lowest BCUT2D eigenvalue weighted by Gasteiger charge is -2.11. The van der Waals surface area contributed by atoms with Gasteiger partial charge in [-0.25, -0.2) is 4.39 Å². The van der Waals surface area contributed by atoms with Crippen molar-refractivity contribution in [3.8, 4) is 5.75 Å². The van der Waals surface area contributed by atoms with Gasteiger partial charge in [-0.15, -0.1) is 0 Å². The molecular formula is C14H22FNO. The van der Waals surface area contributed by atoms with Gasteiger partial charge in [-0.05, 0) is 43.4 Å². The summed E-state index contributed by atoms with van der Waals surface area (Å²) in [7, 11) is 0. The number of hydrogen-bond acceptors (Lipinski definition) is 2. The molecule has 1 atom stereocenters. The van der Waals surface area contributed by atoms with E-state index in [1.54, 1.807) is 6.07 Å². The molecule has 0 aromatic heterocycles. The lowest BCUT2D eigenvalue weighted by Crippen LogP contribution is -2.06. The molecule has 1 rings (SSSR count). The van der Waals surface area contributed by atoms with Crippen LogP contribution in [-0.4, -0.2) is 6.61 Å². The Hall–Kier alpha value is -1.09. The summed E-state index contributed by atoms with van der Waals surface area (Å²) in [4.78, 5) is 0. The molecule has 17 heavy (non-hydrogen) atoms. The monoisotopic (exact) mass is 239 g/mol. The van der Waals surface area contributed by atoms with Gasteiger partial charge in [0.25, 0.3) is 0 Å². The smallest absolute Gasteiger partial charge is 0.165 e. The lowest BCUT2D eigenvalue weighted by atomic mass is 10.1. The molecule has 0 heterocycles. The maximum absolute atomic E-state index is 13.6. The Morgan fingerprint density at radius 2 is 2.00 bits per heavy atom. The van der Waals surface area contributed by atoms with Crippen LogP contribution in [0.4, 0.5) is 4.39 Å². The van der Waals surface area contributed by atoms with Crippen LogP contribution >= 0.6 is 0 Å². The number of rotatable bonds is 6. The first-order valence-electron chi connectivity index (χ1n) is 6.18. The molecular weight excluding hydrogens is 217 g/mol. The molecule has 0 spiro atoms. The highest BCUT2D eigenvalue weighted by atomic mass is 19.1. The number of nitrogens with two attached hydrogens (primary N) is 1. The summed E-state index contributed by atoms with van der Waals surface area (Å²) in [6, 6.07) is 4.76. The van der Waals surface area contributed by atoms with E-state index in [4.69, 9.17) is 10.5 Å². The molecule has 0 aliphatic heterocycles. The van der Waals surface area contributed by atoms with Crippen molar-refractivity contribution in [2.75, 3.05) is 6.61 Å². The molecule has 0 fully saturated rings. The molecule has 0 saturated heterocycles. The van der Waals surface area contributed by atoms with Crippen LogP contribution in [-0.2, 0) is 0 Å². The van der Waals surface area contributed by atoms with Crippen LogP contribution in [0.15, 0.2) is 18.2 Å². The summed E-state index contributed by atoms with van der Waals surface area (Å²) in [5.41, 5.74) is 6.47. The van der Waals surface area contributed by atoms with Gasteiger partial charge in [0.1, 0.15) is 0 Å². The molecule has 0 radical (unpaired) electrons. The molecule has 96 valence electrons. The van der Waals surface area contributed by atoms with Crippen LogP contribution in [0.25, 0.3) is 0 Å². The molecule has 0 amide bonds. The molecule has 3 heteroatoms. The van der Waals surface area contributed by atoms with E-state index in [1.807, 2.05) is 13.0 Å². The molecule has 2 N–H and O–H groups in total. The standard InChI is InChI=1S/C14H22FNO/c1-10(2)5-4-8-17-14-7-6-12(11(3)16)9-13(14)15/h6-7,9-11H,4-5,8,16H2,1-3H3. The largest absolute Gasteiger partial charge is 0.491 e. The average Bonchev–Trinajstić information content (AvgIpc) is 2.25. The van der Waals surface area contributed by atoms with Crippen LogP contribution < -0.4 is 10.5 Å². The van der Waals surface area contributed by atoms with Crippen LogP contribution in [0.5, 0.6) is 5.75 Å². The number of hydrogen-bond donors (Lipinski definition) is 1. The number of halogens is 1. The Bertz CT molecular complexity index is 350. The highest BCUT2D eigenvalue weighted by Crippen LogP contribution is 2.21. The first kappa shape index (κ1) is 14.0. The lowest BCUT2D eigenvalue weighted by molar-refractivity contribution is 0.284. The third-order valence-corrected chi connectivity index (χ3v) is 2.67. The minimum atomic E-state index is -0.329. The van der Waals surface area contributed by atoms with Gasteiger partial charge in [0.05, 0.1) is 6.61 Å². The highest BCUT2D eigenvalue weighted by molar-refractivity contribution is 5.30. The Morgan fingerprint density at radius 1 is 1.29 bits per heavy atom. The second-order valence-corrected chi connectivity index (χ2v) is 4.86. The summed E-state index contributed by atoms with van der Waals surface area (Å²) in [5.74, 6) is 0.645. The van der Waals surface area contributed by atoms with Crippen molar-refractivity contribution in [3.63, 3.8) is 0 Å². The summed E-state index contributed by atoms with van der Waals surface area (Å²) in [6.07, 6.45) is 2.05. The van der Waals surface area contributed by atoms with E-state index in [1.165, 1.54) is 6.07 Å². The van der Waals surface area contributed by atoms with E-state index in [9.17, 15) is 4.39 Å². The molecule has 2 nitrogen and oxygen atoms in total. The van der Waals surface area contributed by atoms with E-state index in [0.29, 0.717) is 18.3 Å². The van der Waals surface area contributed by atoms with Crippen molar-refractivity contribution in [3.05, 3.63) is 29.6 Å². The van der Waals surface area contributed by atoms with Crippen LogP contribution in [0.1, 0.15) is 45.2 Å². The van der Waals surface area contributed by atoms with E-state index in [-0.39, 0.29) is 11.9 Å². The zero-order valence-electron chi connectivity index (χ0n) is 10.9. The third-order valence-electron chi connectivity index (χ3n) is 2.67. The van der Waals surface area contributed by atoms with Gasteiger partial charge in [-0.3, -0.25) is 0 Å². The van der Waals surface area contributed by atoms with Gasteiger partial charge in [0, 0.05) is 6.04 Å². The van der Waals surface area contributed by atoms with Gasteiger partial charge in [-0.2, -0.15) is 0 Å². The van der Waals surface area contributed by atoms with Crippen molar-refractivity contribution in [2.45, 2.75) is 39.7 Å². The molecule has 0 aliphatic rings. The zero-order valence-corrected chi connectivity index (χ0v) is 10.9. The highest BCUT2D eigenvalue weighted by Gasteiger charge is 2.07. The zero-order chi connectivity index (χ0) is 12.8.